The van der Waals surface area contributed by atoms with Gasteiger partial charge in [-0.2, -0.15) is 0 Å². The van der Waals surface area contributed by atoms with E-state index in [0.29, 0.717) is 0 Å². The molecule has 10 nitrogen and oxygen atoms in total. The number of hydrogen-bond acceptors (Lipinski definition) is 7. The molecule has 3 aromatic carbocycles. The van der Waals surface area contributed by atoms with Gasteiger partial charge in [0, 0.05) is 13.7 Å². The molecule has 0 bridgehead atoms. The van der Waals surface area contributed by atoms with Gasteiger partial charge in [0.15, 0.2) is 0 Å². The van der Waals surface area contributed by atoms with E-state index in [0.717, 1.165) is 21.9 Å². The quantitative estimate of drug-likeness (QED) is 0.287. The molecule has 0 saturated carbocycles. The number of nitrogens with one attached hydrogen (secondary N) is 3. The maximum absolute atomic E-state index is 13.3. The van der Waals surface area contributed by atoms with Gasteiger partial charge in [0.25, 0.3) is 0 Å². The molecule has 3 amide bonds. The van der Waals surface area contributed by atoms with Crippen LogP contribution in [0.5, 0.6) is 0 Å². The number of methoxy groups -OCH3 is 1. The summed E-state index contributed by atoms with van der Waals surface area (Å²) in [5.74, 6) is -1.97. The largest absolute Gasteiger partial charge is 0.461 e. The summed E-state index contributed by atoms with van der Waals surface area (Å²) < 4.78 is 15.7. The van der Waals surface area contributed by atoms with Crippen molar-refractivity contribution in [1.82, 2.24) is 16.0 Å². The number of carbonyl (C=O) groups is 4. The molecule has 3 rings (SSSR count). The molecule has 41 heavy (non-hydrogen) atoms. The monoisotopic (exact) mass is 563 g/mol. The minimum Gasteiger partial charge on any atom is -0.461 e. The van der Waals surface area contributed by atoms with Crippen molar-refractivity contribution >= 4 is 34.6 Å². The molecule has 218 valence electrons. The lowest BCUT2D eigenvalue weighted by molar-refractivity contribution is -0.147. The molecule has 0 aliphatic rings. The van der Waals surface area contributed by atoms with Crippen LogP contribution < -0.4 is 16.0 Å². The first-order valence-electron chi connectivity index (χ1n) is 13.3. The number of alkyl carbamates (subject to hydrolysis) is 1. The van der Waals surface area contributed by atoms with Gasteiger partial charge in [0.05, 0.1) is 13.0 Å². The molecule has 0 unspecified atom stereocenters. The fourth-order valence-electron chi connectivity index (χ4n) is 4.00. The minimum absolute atomic E-state index is 0.00330. The van der Waals surface area contributed by atoms with Crippen LogP contribution in [0.4, 0.5) is 4.79 Å². The summed E-state index contributed by atoms with van der Waals surface area (Å²) >= 11 is 0. The van der Waals surface area contributed by atoms with E-state index in [-0.39, 0.29) is 19.8 Å². The summed E-state index contributed by atoms with van der Waals surface area (Å²) in [6, 6.07) is 20.2. The van der Waals surface area contributed by atoms with Gasteiger partial charge in [-0.05, 0) is 42.7 Å². The molecular weight excluding hydrogens is 526 g/mol. The number of benzene rings is 3. The van der Waals surface area contributed by atoms with Gasteiger partial charge in [0.2, 0.25) is 11.8 Å². The van der Waals surface area contributed by atoms with E-state index >= 15 is 0 Å². The Hall–Kier alpha value is -4.44. The van der Waals surface area contributed by atoms with E-state index in [1.54, 1.807) is 32.9 Å². The predicted octanol–water partition coefficient (Wildman–Crippen LogP) is 3.61. The zero-order valence-corrected chi connectivity index (χ0v) is 23.8. The molecule has 0 aromatic heterocycles. The lowest BCUT2D eigenvalue weighted by Gasteiger charge is -2.25. The van der Waals surface area contributed by atoms with E-state index in [4.69, 9.17) is 14.2 Å². The molecule has 0 radical (unpaired) electrons. The third-order valence-electron chi connectivity index (χ3n) is 5.92. The highest BCUT2D eigenvalue weighted by atomic mass is 16.6. The van der Waals surface area contributed by atoms with Crippen LogP contribution in [-0.2, 0) is 41.7 Å². The van der Waals surface area contributed by atoms with E-state index in [1.165, 1.54) is 7.11 Å². The van der Waals surface area contributed by atoms with Crippen LogP contribution in [0.15, 0.2) is 72.8 Å². The highest BCUT2D eigenvalue weighted by Crippen LogP contribution is 2.18. The second kappa shape index (κ2) is 14.8. The van der Waals surface area contributed by atoms with Gasteiger partial charge in [-0.15, -0.1) is 0 Å². The van der Waals surface area contributed by atoms with Gasteiger partial charge < -0.3 is 30.2 Å². The van der Waals surface area contributed by atoms with Crippen LogP contribution in [0.25, 0.3) is 10.8 Å². The third-order valence-corrected chi connectivity index (χ3v) is 5.92. The minimum atomic E-state index is -1.36. The van der Waals surface area contributed by atoms with Crippen molar-refractivity contribution in [3.8, 4) is 0 Å². The lowest BCUT2D eigenvalue weighted by Crippen LogP contribution is -2.56. The number of hydrogen-bond donors (Lipinski definition) is 3. The summed E-state index contributed by atoms with van der Waals surface area (Å²) in [4.78, 5) is 51.4. The van der Waals surface area contributed by atoms with Gasteiger partial charge in [0.1, 0.15) is 24.3 Å². The van der Waals surface area contributed by atoms with Crippen LogP contribution >= 0.6 is 0 Å². The number of esters is 1. The Bertz CT molecular complexity index is 1330. The van der Waals surface area contributed by atoms with E-state index in [9.17, 15) is 19.2 Å². The predicted molar refractivity (Wildman–Crippen MR) is 154 cm³/mol. The third kappa shape index (κ3) is 10.2. The molecule has 0 heterocycles. The SMILES string of the molecule is COC[C@H](NC(=O)[C@H](CC(=O)OCc1ccccc1)NC(=O)OC(C)(C)C)C(=O)NCc1cccc2ccccc12. The van der Waals surface area contributed by atoms with Crippen molar-refractivity contribution in [2.45, 2.75) is 58.0 Å². The van der Waals surface area contributed by atoms with Gasteiger partial charge in [-0.3, -0.25) is 14.4 Å². The molecule has 0 saturated heterocycles. The van der Waals surface area contributed by atoms with Crippen molar-refractivity contribution in [2.24, 2.45) is 0 Å². The summed E-state index contributed by atoms with van der Waals surface area (Å²) in [5.41, 5.74) is 0.841. The van der Waals surface area contributed by atoms with Crippen LogP contribution in [0.2, 0.25) is 0 Å². The van der Waals surface area contributed by atoms with Crippen LogP contribution in [0.3, 0.4) is 0 Å². The highest BCUT2D eigenvalue weighted by Gasteiger charge is 2.30. The van der Waals surface area contributed by atoms with Crippen LogP contribution in [-0.4, -0.2) is 55.3 Å². The number of amides is 3. The summed E-state index contributed by atoms with van der Waals surface area (Å²) in [6.07, 6.45) is -1.37. The van der Waals surface area contributed by atoms with Crippen molar-refractivity contribution < 1.29 is 33.4 Å². The molecule has 3 aromatic rings. The standard InChI is InChI=1S/C31H37N3O7/c1-31(2,3)41-30(38)34-25(17-27(35)40-19-21-11-6-5-7-12-21)29(37)33-26(20-39-4)28(36)32-18-23-15-10-14-22-13-8-9-16-24(22)23/h5-16,25-26H,17-20H2,1-4H3,(H,32,36)(H,33,37)(H,34,38)/t25-,26-/m0/s1. The summed E-state index contributed by atoms with van der Waals surface area (Å²) in [7, 11) is 1.40. The second-order valence-corrected chi connectivity index (χ2v) is 10.4. The zero-order chi connectivity index (χ0) is 29.8. The fraction of sp³-hybridized carbons (Fsp3) is 0.355. The first-order valence-corrected chi connectivity index (χ1v) is 13.3. The van der Waals surface area contributed by atoms with Crippen molar-refractivity contribution in [3.05, 3.63) is 83.9 Å². The number of ether oxygens (including phenoxy) is 3. The average Bonchev–Trinajstić information content (AvgIpc) is 2.93. The number of rotatable bonds is 12. The van der Waals surface area contributed by atoms with Crippen molar-refractivity contribution in [1.29, 1.82) is 0 Å². The molecule has 0 aliphatic carbocycles. The molecule has 10 heteroatoms. The summed E-state index contributed by atoms with van der Waals surface area (Å²) in [6.45, 7) is 5.11. The van der Waals surface area contributed by atoms with E-state index in [1.807, 2.05) is 60.7 Å². The second-order valence-electron chi connectivity index (χ2n) is 10.4. The van der Waals surface area contributed by atoms with Crippen LogP contribution in [0, 0.1) is 0 Å². The van der Waals surface area contributed by atoms with Gasteiger partial charge in [-0.1, -0.05) is 72.8 Å². The highest BCUT2D eigenvalue weighted by molar-refractivity contribution is 5.94. The number of carbonyl (C=O) groups excluding carboxylic acids is 4. The molecule has 0 spiro atoms. The summed E-state index contributed by atoms with van der Waals surface area (Å²) in [5, 5.41) is 9.88. The van der Waals surface area contributed by atoms with Crippen molar-refractivity contribution in [3.63, 3.8) is 0 Å². The van der Waals surface area contributed by atoms with Crippen molar-refractivity contribution in [2.75, 3.05) is 13.7 Å². The van der Waals surface area contributed by atoms with E-state index in [2.05, 4.69) is 16.0 Å². The Kier molecular flexibility index (Phi) is 11.2. The van der Waals surface area contributed by atoms with E-state index < -0.39 is 48.0 Å². The Morgan fingerprint density at radius 1 is 0.805 bits per heavy atom. The first kappa shape index (κ1) is 31.1. The smallest absolute Gasteiger partial charge is 0.408 e. The van der Waals surface area contributed by atoms with Gasteiger partial charge in [-0.25, -0.2) is 4.79 Å². The first-order chi connectivity index (χ1) is 19.6. The molecular formula is C31H37N3O7. The maximum atomic E-state index is 13.3. The fourth-order valence-corrected chi connectivity index (χ4v) is 4.00. The Balaban J connectivity index is 1.67. The average molecular weight is 564 g/mol. The lowest BCUT2D eigenvalue weighted by atomic mass is 10.0. The van der Waals surface area contributed by atoms with Gasteiger partial charge >= 0.3 is 12.1 Å². The maximum Gasteiger partial charge on any atom is 0.408 e. The zero-order valence-electron chi connectivity index (χ0n) is 23.8. The Morgan fingerprint density at radius 2 is 1.49 bits per heavy atom. The molecule has 3 N–H and O–H groups in total. The molecule has 2 atom stereocenters. The normalized spacial score (nSPS) is 12.6. The molecule has 0 aliphatic heterocycles. The number of fused-ring (bicyclic) bond motifs is 1. The Morgan fingerprint density at radius 3 is 2.20 bits per heavy atom. The topological polar surface area (TPSA) is 132 Å². The molecule has 0 fully saturated rings. The van der Waals surface area contributed by atoms with Crippen LogP contribution in [0.1, 0.15) is 38.3 Å². The Labute approximate surface area is 239 Å².